The van der Waals surface area contributed by atoms with Crippen molar-refractivity contribution in [3.05, 3.63) is 0 Å². The Bertz CT molecular complexity index is 181. The Hall–Kier alpha value is -0.650. The number of nitrogens with two attached hydrogens (primary N) is 1. The van der Waals surface area contributed by atoms with Crippen LogP contribution in [0.2, 0.25) is 0 Å². The highest BCUT2D eigenvalue weighted by Crippen LogP contribution is 1.99. The van der Waals surface area contributed by atoms with Crippen molar-refractivity contribution < 1.29 is 14.3 Å². The first-order valence-corrected chi connectivity index (χ1v) is 4.89. The summed E-state index contributed by atoms with van der Waals surface area (Å²) < 4.78 is 10.7. The average molecular weight is 202 g/mol. The van der Waals surface area contributed by atoms with E-state index >= 15 is 0 Å². The second kappa shape index (κ2) is 5.95. The molecule has 0 bridgehead atoms. The monoisotopic (exact) mass is 202 g/mol. The summed E-state index contributed by atoms with van der Waals surface area (Å²) in [5.41, 5.74) is 5.09. The molecule has 1 heterocycles. The molecule has 0 spiro atoms. The Balaban J connectivity index is 2.05. The van der Waals surface area contributed by atoms with Crippen LogP contribution in [0.1, 0.15) is 6.92 Å². The lowest BCUT2D eigenvalue weighted by atomic mass is 10.2. The fraction of sp³-hybridized carbons (Fsp3) is 0.889. The summed E-state index contributed by atoms with van der Waals surface area (Å²) >= 11 is 0. The van der Waals surface area contributed by atoms with E-state index in [0.29, 0.717) is 13.2 Å². The van der Waals surface area contributed by atoms with E-state index in [9.17, 15) is 4.79 Å². The number of carbonyl (C=O) groups excluding carboxylic acids is 1. The number of hydrogen-bond donors (Lipinski definition) is 2. The number of amides is 1. The van der Waals surface area contributed by atoms with Crippen LogP contribution >= 0.6 is 0 Å². The summed E-state index contributed by atoms with van der Waals surface area (Å²) in [6.07, 6.45) is 0.101. The lowest BCUT2D eigenvalue weighted by molar-refractivity contribution is -0.124. The number of hydrogen-bond acceptors (Lipinski definition) is 4. The summed E-state index contributed by atoms with van der Waals surface area (Å²) in [6, 6.07) is 0. The predicted molar refractivity (Wildman–Crippen MR) is 51.8 cm³/mol. The second-order valence-corrected chi connectivity index (χ2v) is 3.54. The molecular weight excluding hydrogens is 184 g/mol. The lowest BCUT2D eigenvalue weighted by Crippen LogP contribution is -2.41. The van der Waals surface area contributed by atoms with Crippen LogP contribution in [0.4, 0.5) is 0 Å². The van der Waals surface area contributed by atoms with Crippen LogP contribution in [0.15, 0.2) is 0 Å². The van der Waals surface area contributed by atoms with Crippen molar-refractivity contribution in [1.82, 2.24) is 5.32 Å². The molecule has 1 saturated heterocycles. The molecule has 0 radical (unpaired) electrons. The zero-order chi connectivity index (χ0) is 10.4. The minimum Gasteiger partial charge on any atom is -0.378 e. The third-order valence-corrected chi connectivity index (χ3v) is 2.16. The average Bonchev–Trinajstić information content (AvgIpc) is 2.19. The SMILES string of the molecule is CC(COCC1CNCCO1)C(N)=O. The minimum absolute atomic E-state index is 0.101. The van der Waals surface area contributed by atoms with Gasteiger partial charge in [0, 0.05) is 13.1 Å². The molecule has 0 aromatic heterocycles. The second-order valence-electron chi connectivity index (χ2n) is 3.54. The van der Waals surface area contributed by atoms with Crippen LogP contribution in [0.25, 0.3) is 0 Å². The van der Waals surface area contributed by atoms with Crippen LogP contribution in [0.3, 0.4) is 0 Å². The zero-order valence-corrected chi connectivity index (χ0v) is 8.49. The van der Waals surface area contributed by atoms with Gasteiger partial charge in [0.1, 0.15) is 0 Å². The predicted octanol–water partition coefficient (Wildman–Crippen LogP) is -0.887. The van der Waals surface area contributed by atoms with Crippen molar-refractivity contribution in [2.24, 2.45) is 11.7 Å². The maximum atomic E-state index is 10.7. The molecule has 1 amide bonds. The van der Waals surface area contributed by atoms with Gasteiger partial charge in [-0.05, 0) is 0 Å². The molecule has 5 nitrogen and oxygen atoms in total. The fourth-order valence-electron chi connectivity index (χ4n) is 1.19. The maximum absolute atomic E-state index is 10.7. The van der Waals surface area contributed by atoms with Gasteiger partial charge in [-0.15, -0.1) is 0 Å². The van der Waals surface area contributed by atoms with Gasteiger partial charge in [0.2, 0.25) is 5.91 Å². The highest BCUT2D eigenvalue weighted by atomic mass is 16.5. The Morgan fingerprint density at radius 3 is 3.14 bits per heavy atom. The third kappa shape index (κ3) is 4.04. The van der Waals surface area contributed by atoms with E-state index in [0.717, 1.165) is 19.7 Å². The van der Waals surface area contributed by atoms with Gasteiger partial charge in [0.15, 0.2) is 0 Å². The summed E-state index contributed by atoms with van der Waals surface area (Å²) in [7, 11) is 0. The summed E-state index contributed by atoms with van der Waals surface area (Å²) in [5.74, 6) is -0.556. The van der Waals surface area contributed by atoms with Crippen molar-refractivity contribution >= 4 is 5.91 Å². The van der Waals surface area contributed by atoms with E-state index in [4.69, 9.17) is 15.2 Å². The van der Waals surface area contributed by atoms with Gasteiger partial charge in [0.05, 0.1) is 31.8 Å². The first-order chi connectivity index (χ1) is 6.70. The van der Waals surface area contributed by atoms with Crippen molar-refractivity contribution in [2.75, 3.05) is 32.9 Å². The highest BCUT2D eigenvalue weighted by Gasteiger charge is 2.15. The lowest BCUT2D eigenvalue weighted by Gasteiger charge is -2.23. The van der Waals surface area contributed by atoms with Crippen LogP contribution < -0.4 is 11.1 Å². The number of primary amides is 1. The van der Waals surface area contributed by atoms with E-state index in [-0.39, 0.29) is 17.9 Å². The van der Waals surface area contributed by atoms with E-state index in [1.54, 1.807) is 6.92 Å². The first-order valence-electron chi connectivity index (χ1n) is 4.89. The molecule has 82 valence electrons. The Morgan fingerprint density at radius 1 is 1.79 bits per heavy atom. The molecule has 1 aliphatic heterocycles. The number of morpholine rings is 1. The van der Waals surface area contributed by atoms with Crippen molar-refractivity contribution in [2.45, 2.75) is 13.0 Å². The molecule has 1 aliphatic rings. The molecule has 0 aliphatic carbocycles. The summed E-state index contributed by atoms with van der Waals surface area (Å²) in [6.45, 7) is 5.07. The Kier molecular flexibility index (Phi) is 4.86. The van der Waals surface area contributed by atoms with Gasteiger partial charge in [-0.1, -0.05) is 6.92 Å². The van der Waals surface area contributed by atoms with Crippen molar-refractivity contribution in [1.29, 1.82) is 0 Å². The number of nitrogens with one attached hydrogen (secondary N) is 1. The zero-order valence-electron chi connectivity index (χ0n) is 8.49. The standard InChI is InChI=1S/C9H18N2O3/c1-7(9(10)12)5-13-6-8-4-11-2-3-14-8/h7-8,11H,2-6H2,1H3,(H2,10,12). The number of ether oxygens (including phenoxy) is 2. The van der Waals surface area contributed by atoms with Crippen molar-refractivity contribution in [3.63, 3.8) is 0 Å². The molecule has 2 unspecified atom stereocenters. The van der Waals surface area contributed by atoms with E-state index in [1.807, 2.05) is 0 Å². The molecule has 1 fully saturated rings. The van der Waals surface area contributed by atoms with Crippen LogP contribution in [0, 0.1) is 5.92 Å². The van der Waals surface area contributed by atoms with Gasteiger partial charge < -0.3 is 20.5 Å². The molecule has 3 N–H and O–H groups in total. The quantitative estimate of drug-likeness (QED) is 0.606. The fourth-order valence-corrected chi connectivity index (χ4v) is 1.19. The molecular formula is C9H18N2O3. The molecule has 2 atom stereocenters. The largest absolute Gasteiger partial charge is 0.378 e. The smallest absolute Gasteiger partial charge is 0.222 e. The Morgan fingerprint density at radius 2 is 2.57 bits per heavy atom. The topological polar surface area (TPSA) is 73.6 Å². The normalized spacial score (nSPS) is 24.5. The Labute approximate surface area is 83.9 Å². The molecule has 0 aromatic carbocycles. The van der Waals surface area contributed by atoms with Gasteiger partial charge in [-0.2, -0.15) is 0 Å². The highest BCUT2D eigenvalue weighted by molar-refractivity contribution is 5.76. The third-order valence-electron chi connectivity index (χ3n) is 2.16. The summed E-state index contributed by atoms with van der Waals surface area (Å²) in [5, 5.41) is 3.20. The van der Waals surface area contributed by atoms with Gasteiger partial charge in [-0.25, -0.2) is 0 Å². The van der Waals surface area contributed by atoms with Crippen LogP contribution in [-0.4, -0.2) is 44.9 Å². The number of carbonyl (C=O) groups is 1. The van der Waals surface area contributed by atoms with E-state index < -0.39 is 0 Å². The summed E-state index contributed by atoms with van der Waals surface area (Å²) in [4.78, 5) is 10.7. The van der Waals surface area contributed by atoms with Gasteiger partial charge in [-0.3, -0.25) is 4.79 Å². The first kappa shape index (κ1) is 11.4. The van der Waals surface area contributed by atoms with Crippen molar-refractivity contribution in [3.8, 4) is 0 Å². The molecule has 0 saturated carbocycles. The molecule has 0 aromatic rings. The van der Waals surface area contributed by atoms with Gasteiger partial charge in [0.25, 0.3) is 0 Å². The van der Waals surface area contributed by atoms with E-state index in [2.05, 4.69) is 5.32 Å². The van der Waals surface area contributed by atoms with Gasteiger partial charge >= 0.3 is 0 Å². The maximum Gasteiger partial charge on any atom is 0.222 e. The molecule has 1 rings (SSSR count). The van der Waals surface area contributed by atoms with Crippen LogP contribution in [0.5, 0.6) is 0 Å². The van der Waals surface area contributed by atoms with E-state index in [1.165, 1.54) is 0 Å². The number of rotatable bonds is 5. The minimum atomic E-state index is -0.326. The van der Waals surface area contributed by atoms with Crippen LogP contribution in [-0.2, 0) is 14.3 Å². The molecule has 5 heteroatoms. The molecule has 14 heavy (non-hydrogen) atoms.